The van der Waals surface area contributed by atoms with Crippen molar-refractivity contribution in [3.05, 3.63) is 26.6 Å². The van der Waals surface area contributed by atoms with Crippen molar-refractivity contribution in [1.29, 1.82) is 0 Å². The monoisotopic (exact) mass is 345 g/mol. The van der Waals surface area contributed by atoms with Gasteiger partial charge in [-0.15, -0.1) is 0 Å². The molecule has 0 bridgehead atoms. The summed E-state index contributed by atoms with van der Waals surface area (Å²) >= 11 is 3.09. The number of hydrogen-bond donors (Lipinski definition) is 3. The van der Waals surface area contributed by atoms with Gasteiger partial charge in [0.1, 0.15) is 6.10 Å². The summed E-state index contributed by atoms with van der Waals surface area (Å²) in [5.74, 6) is -0.454. The lowest BCUT2D eigenvalue weighted by Crippen LogP contribution is -2.56. The fraction of sp³-hybridized carbons (Fsp3) is 0.643. The topological polar surface area (TPSA) is 82.7 Å². The second-order valence-electron chi connectivity index (χ2n) is 5.73. The summed E-state index contributed by atoms with van der Waals surface area (Å²) < 4.78 is 1.77. The normalized spacial score (nSPS) is 33.0. The van der Waals surface area contributed by atoms with Crippen molar-refractivity contribution >= 4 is 15.9 Å². The zero-order valence-corrected chi connectivity index (χ0v) is 13.4. The molecular weight excluding hydrogens is 326 g/mol. The summed E-state index contributed by atoms with van der Waals surface area (Å²) in [4.78, 5) is 11.8. The Morgan fingerprint density at radius 1 is 1.45 bits per heavy atom. The van der Waals surface area contributed by atoms with Crippen molar-refractivity contribution in [2.24, 2.45) is 5.41 Å². The van der Waals surface area contributed by atoms with Gasteiger partial charge >= 0.3 is 0 Å². The minimum atomic E-state index is -1.10. The molecule has 1 aliphatic rings. The van der Waals surface area contributed by atoms with Gasteiger partial charge in [-0.1, -0.05) is 20.8 Å². The van der Waals surface area contributed by atoms with Gasteiger partial charge in [0.05, 0.1) is 22.3 Å². The molecule has 20 heavy (non-hydrogen) atoms. The minimum Gasteiger partial charge on any atom is -0.503 e. The Balaban J connectivity index is 2.75. The van der Waals surface area contributed by atoms with Crippen LogP contribution in [-0.2, 0) is 6.54 Å². The molecule has 3 atom stereocenters. The summed E-state index contributed by atoms with van der Waals surface area (Å²) in [6.45, 7) is 5.76. The number of nitrogens with zero attached hydrogens (tertiary/aromatic N) is 1. The molecular formula is C14H20BrNO4. The minimum absolute atomic E-state index is 0.181. The molecule has 0 spiro atoms. The second kappa shape index (κ2) is 4.86. The average molecular weight is 346 g/mol. The standard InChI is InChI=1S/C14H20BrNO4/c1-4-13(3)12(19)9-11(18)10(17)8(15)6-16(9)7-14(13,20)5-2/h6,12,18-20H,4-5,7H2,1-3H3. The Hall–Kier alpha value is -0.850. The van der Waals surface area contributed by atoms with Crippen molar-refractivity contribution in [2.75, 3.05) is 0 Å². The molecule has 2 heterocycles. The number of aliphatic hydroxyl groups is 2. The van der Waals surface area contributed by atoms with Crippen LogP contribution < -0.4 is 5.43 Å². The quantitative estimate of drug-likeness (QED) is 0.764. The predicted octanol–water partition coefficient (Wildman–Crippen LogP) is 1.92. The lowest BCUT2D eigenvalue weighted by atomic mass is 9.63. The summed E-state index contributed by atoms with van der Waals surface area (Å²) in [6.07, 6.45) is 1.41. The maximum absolute atomic E-state index is 11.8. The third-order valence-corrected chi connectivity index (χ3v) is 5.49. The molecule has 3 unspecified atom stereocenters. The van der Waals surface area contributed by atoms with Crippen LogP contribution in [0.3, 0.4) is 0 Å². The number of hydrogen-bond acceptors (Lipinski definition) is 4. The third-order valence-electron chi connectivity index (χ3n) is 4.93. The number of aromatic hydroxyl groups is 1. The molecule has 112 valence electrons. The first-order valence-electron chi connectivity index (χ1n) is 6.74. The molecule has 0 radical (unpaired) electrons. The van der Waals surface area contributed by atoms with E-state index < -0.39 is 28.3 Å². The number of aromatic nitrogens is 1. The number of pyridine rings is 1. The molecule has 2 rings (SSSR count). The van der Waals surface area contributed by atoms with Gasteiger partial charge in [-0.2, -0.15) is 0 Å². The summed E-state index contributed by atoms with van der Waals surface area (Å²) in [5, 5.41) is 31.6. The molecule has 0 amide bonds. The van der Waals surface area contributed by atoms with Crippen LogP contribution in [-0.4, -0.2) is 25.5 Å². The fourth-order valence-electron chi connectivity index (χ4n) is 3.10. The molecule has 5 nitrogen and oxygen atoms in total. The van der Waals surface area contributed by atoms with Gasteiger partial charge in [0, 0.05) is 11.6 Å². The van der Waals surface area contributed by atoms with Crippen LogP contribution in [0.1, 0.15) is 45.4 Å². The first-order chi connectivity index (χ1) is 9.21. The Bertz CT molecular complexity index is 600. The fourth-order valence-corrected chi connectivity index (χ4v) is 3.54. The highest BCUT2D eigenvalue weighted by Crippen LogP contribution is 2.52. The van der Waals surface area contributed by atoms with E-state index in [2.05, 4.69) is 15.9 Å². The molecule has 0 aromatic carbocycles. The highest BCUT2D eigenvalue weighted by Gasteiger charge is 2.54. The summed E-state index contributed by atoms with van der Waals surface area (Å²) in [5.41, 5.74) is -2.29. The van der Waals surface area contributed by atoms with Crippen LogP contribution in [0.2, 0.25) is 0 Å². The van der Waals surface area contributed by atoms with Crippen LogP contribution in [0.15, 0.2) is 15.5 Å². The van der Waals surface area contributed by atoms with E-state index in [1.165, 1.54) is 6.20 Å². The SMILES string of the molecule is CCC1(O)Cn2cc(Br)c(=O)c(O)c2C(O)C1(C)CC. The van der Waals surface area contributed by atoms with Gasteiger partial charge in [-0.3, -0.25) is 4.79 Å². The van der Waals surface area contributed by atoms with E-state index in [0.717, 1.165) is 0 Å². The van der Waals surface area contributed by atoms with Crippen LogP contribution in [0.25, 0.3) is 0 Å². The first kappa shape index (κ1) is 15.5. The Morgan fingerprint density at radius 2 is 2.05 bits per heavy atom. The molecule has 0 saturated heterocycles. The summed E-state index contributed by atoms with van der Waals surface area (Å²) in [7, 11) is 0. The molecule has 0 fully saturated rings. The Kier molecular flexibility index (Phi) is 3.77. The van der Waals surface area contributed by atoms with Gasteiger partial charge in [0.25, 0.3) is 0 Å². The van der Waals surface area contributed by atoms with Gasteiger partial charge < -0.3 is 19.9 Å². The van der Waals surface area contributed by atoms with E-state index in [-0.39, 0.29) is 16.7 Å². The van der Waals surface area contributed by atoms with Crippen LogP contribution in [0.5, 0.6) is 5.75 Å². The number of aliphatic hydroxyl groups excluding tert-OH is 1. The molecule has 0 aliphatic carbocycles. The number of rotatable bonds is 2. The van der Waals surface area contributed by atoms with Gasteiger partial charge in [0.2, 0.25) is 5.43 Å². The third kappa shape index (κ3) is 1.85. The smallest absolute Gasteiger partial charge is 0.237 e. The van der Waals surface area contributed by atoms with E-state index in [0.29, 0.717) is 12.8 Å². The van der Waals surface area contributed by atoms with E-state index >= 15 is 0 Å². The van der Waals surface area contributed by atoms with Gasteiger partial charge in [-0.25, -0.2) is 0 Å². The summed E-state index contributed by atoms with van der Waals surface area (Å²) in [6, 6.07) is 0. The van der Waals surface area contributed by atoms with Crippen LogP contribution in [0, 0.1) is 5.41 Å². The maximum Gasteiger partial charge on any atom is 0.237 e. The molecule has 1 aliphatic heterocycles. The van der Waals surface area contributed by atoms with E-state index in [9.17, 15) is 20.1 Å². The van der Waals surface area contributed by atoms with Crippen molar-refractivity contribution in [3.63, 3.8) is 0 Å². The van der Waals surface area contributed by atoms with Crippen molar-refractivity contribution in [2.45, 2.75) is 51.9 Å². The number of fused-ring (bicyclic) bond motifs is 1. The maximum atomic E-state index is 11.8. The van der Waals surface area contributed by atoms with E-state index in [4.69, 9.17) is 0 Å². The highest BCUT2D eigenvalue weighted by atomic mass is 79.9. The van der Waals surface area contributed by atoms with Gasteiger partial charge in [0.15, 0.2) is 5.75 Å². The Labute approximate surface area is 126 Å². The van der Waals surface area contributed by atoms with Crippen molar-refractivity contribution in [1.82, 2.24) is 4.57 Å². The molecule has 1 aromatic rings. The van der Waals surface area contributed by atoms with E-state index in [1.54, 1.807) is 11.5 Å². The lowest BCUT2D eigenvalue weighted by molar-refractivity contribution is -0.168. The highest BCUT2D eigenvalue weighted by molar-refractivity contribution is 9.10. The Morgan fingerprint density at radius 3 is 2.55 bits per heavy atom. The number of halogens is 1. The zero-order chi connectivity index (χ0) is 15.3. The predicted molar refractivity (Wildman–Crippen MR) is 78.7 cm³/mol. The second-order valence-corrected chi connectivity index (χ2v) is 6.58. The van der Waals surface area contributed by atoms with E-state index in [1.807, 2.05) is 13.8 Å². The average Bonchev–Trinajstić information content (AvgIpc) is 2.42. The molecule has 1 aromatic heterocycles. The van der Waals surface area contributed by atoms with Crippen molar-refractivity contribution in [3.8, 4) is 5.75 Å². The zero-order valence-electron chi connectivity index (χ0n) is 11.9. The molecule has 0 saturated carbocycles. The lowest BCUT2D eigenvalue weighted by Gasteiger charge is -2.51. The first-order valence-corrected chi connectivity index (χ1v) is 7.53. The van der Waals surface area contributed by atoms with Gasteiger partial charge in [-0.05, 0) is 28.8 Å². The van der Waals surface area contributed by atoms with Crippen LogP contribution >= 0.6 is 15.9 Å². The largest absolute Gasteiger partial charge is 0.503 e. The van der Waals surface area contributed by atoms with Crippen LogP contribution in [0.4, 0.5) is 0 Å². The molecule has 3 N–H and O–H groups in total. The molecule has 6 heteroatoms. The van der Waals surface area contributed by atoms with Crippen molar-refractivity contribution < 1.29 is 15.3 Å².